The number of carbonyl (C=O) groups is 1. The third kappa shape index (κ3) is 5.52. The molecule has 0 atom stereocenters. The first-order valence-electron chi connectivity index (χ1n) is 10.7. The molecule has 0 aliphatic heterocycles. The van der Waals surface area contributed by atoms with Crippen molar-refractivity contribution in [2.75, 3.05) is 7.11 Å². The number of benzene rings is 2. The van der Waals surface area contributed by atoms with E-state index in [1.54, 1.807) is 7.11 Å². The SMILES string of the molecule is CC(=O)/C=C(/C)O.COc1c[c-]c(-c2nccc3c2oc2cc4c(cc23)CCCC4)cc1.[Ir]. The number of hydrogen-bond acceptors (Lipinski definition) is 5. The van der Waals surface area contributed by atoms with Gasteiger partial charge < -0.3 is 19.2 Å². The maximum Gasteiger partial charge on any atom is 0.155 e. The van der Waals surface area contributed by atoms with E-state index < -0.39 is 0 Å². The number of carbonyl (C=O) groups excluding carboxylic acids is 1. The summed E-state index contributed by atoms with van der Waals surface area (Å²) in [5.41, 5.74) is 6.43. The van der Waals surface area contributed by atoms with Crippen LogP contribution >= 0.6 is 0 Å². The number of furan rings is 1. The van der Waals surface area contributed by atoms with Crippen LogP contribution in [0.4, 0.5) is 0 Å². The minimum absolute atomic E-state index is 0. The van der Waals surface area contributed by atoms with Gasteiger partial charge in [-0.05, 0) is 68.9 Å². The van der Waals surface area contributed by atoms with Crippen LogP contribution in [0.15, 0.2) is 58.8 Å². The number of ketones is 1. The number of allylic oxidation sites excluding steroid dienone is 2. The number of ether oxygens (including phenoxy) is 1. The number of rotatable bonds is 3. The molecule has 1 aliphatic rings. The zero-order valence-corrected chi connectivity index (χ0v) is 21.3. The quantitative estimate of drug-likeness (QED) is 0.164. The van der Waals surface area contributed by atoms with E-state index in [1.807, 2.05) is 30.5 Å². The topological polar surface area (TPSA) is 72.6 Å². The largest absolute Gasteiger partial charge is 0.540 e. The summed E-state index contributed by atoms with van der Waals surface area (Å²) in [5, 5.41) is 10.7. The number of aliphatic hydroxyl groups is 1. The van der Waals surface area contributed by atoms with Crippen molar-refractivity contribution in [3.8, 4) is 17.0 Å². The van der Waals surface area contributed by atoms with E-state index in [0.29, 0.717) is 0 Å². The van der Waals surface area contributed by atoms with Crippen LogP contribution in [0.3, 0.4) is 0 Å². The first-order valence-corrected chi connectivity index (χ1v) is 10.7. The van der Waals surface area contributed by atoms with E-state index in [9.17, 15) is 4.79 Å². The standard InChI is InChI=1S/C22H18NO2.C5H8O2.Ir/c1-24-17-8-6-14(7-9-17)21-22-18(10-11-23-21)19-12-15-4-2-3-5-16(15)13-20(19)25-22;1-4(6)3-5(2)7;/h6,8-13H,2-5H2,1H3;3,6H,1-2H3;/q-1;;/b;4-3-;. The van der Waals surface area contributed by atoms with E-state index in [-0.39, 0.29) is 31.6 Å². The number of methoxy groups -OCH3 is 1. The zero-order valence-electron chi connectivity index (χ0n) is 18.9. The van der Waals surface area contributed by atoms with Crippen molar-refractivity contribution in [3.63, 3.8) is 0 Å². The van der Waals surface area contributed by atoms with Gasteiger partial charge in [0.05, 0.1) is 12.9 Å². The number of fused-ring (bicyclic) bond motifs is 4. The molecule has 5 rings (SSSR count). The first kappa shape index (κ1) is 24.7. The first-order chi connectivity index (χ1) is 15.5. The van der Waals surface area contributed by atoms with Gasteiger partial charge >= 0.3 is 0 Å². The van der Waals surface area contributed by atoms with Crippen molar-refractivity contribution in [3.05, 3.63) is 71.6 Å². The number of aliphatic hydroxyl groups excluding tert-OH is 1. The molecule has 5 nitrogen and oxygen atoms in total. The van der Waals surface area contributed by atoms with Crippen LogP contribution in [0, 0.1) is 6.07 Å². The molecule has 0 saturated carbocycles. The van der Waals surface area contributed by atoms with Crippen LogP contribution in [0.2, 0.25) is 0 Å². The van der Waals surface area contributed by atoms with E-state index in [1.165, 1.54) is 55.7 Å². The normalized spacial score (nSPS) is 13.0. The summed E-state index contributed by atoms with van der Waals surface area (Å²) >= 11 is 0. The molecule has 0 bridgehead atoms. The molecule has 0 amide bonds. The third-order valence-electron chi connectivity index (χ3n) is 5.54. The molecule has 2 heterocycles. The number of aromatic nitrogens is 1. The van der Waals surface area contributed by atoms with Gasteiger partial charge in [0.1, 0.15) is 11.2 Å². The summed E-state index contributed by atoms with van der Waals surface area (Å²) in [7, 11) is 1.66. The number of pyridine rings is 1. The Labute approximate surface area is 206 Å². The fourth-order valence-electron chi connectivity index (χ4n) is 4.10. The molecule has 2 aromatic heterocycles. The average Bonchev–Trinajstić information content (AvgIpc) is 3.14. The number of hydrogen-bond donors (Lipinski definition) is 1. The van der Waals surface area contributed by atoms with Gasteiger partial charge in [0.2, 0.25) is 0 Å². The Morgan fingerprint density at radius 2 is 1.85 bits per heavy atom. The monoisotopic (exact) mass is 621 g/mol. The summed E-state index contributed by atoms with van der Waals surface area (Å²) in [6, 6.07) is 15.6. The molecule has 0 spiro atoms. The molecule has 4 aromatic rings. The molecule has 33 heavy (non-hydrogen) atoms. The molecular weight excluding hydrogens is 595 g/mol. The van der Waals surface area contributed by atoms with Gasteiger partial charge in [0.15, 0.2) is 5.78 Å². The van der Waals surface area contributed by atoms with Crippen LogP contribution in [-0.4, -0.2) is 23.0 Å². The number of nitrogens with zero attached hydrogens (tertiary/aromatic N) is 1. The molecular formula is C27H26IrNO4-. The average molecular weight is 621 g/mol. The minimum atomic E-state index is -0.125. The van der Waals surface area contributed by atoms with Crippen molar-refractivity contribution >= 4 is 27.7 Å². The Balaban J connectivity index is 0.000000337. The van der Waals surface area contributed by atoms with E-state index in [2.05, 4.69) is 23.2 Å². The van der Waals surface area contributed by atoms with Crippen LogP contribution in [0.25, 0.3) is 33.2 Å². The summed E-state index contributed by atoms with van der Waals surface area (Å²) in [4.78, 5) is 14.6. The van der Waals surface area contributed by atoms with E-state index in [4.69, 9.17) is 14.3 Å². The van der Waals surface area contributed by atoms with Crippen molar-refractivity contribution in [1.29, 1.82) is 0 Å². The van der Waals surface area contributed by atoms with Gasteiger partial charge in [0.25, 0.3) is 0 Å². The second-order valence-electron chi connectivity index (χ2n) is 8.00. The minimum Gasteiger partial charge on any atom is -0.540 e. The van der Waals surface area contributed by atoms with Crippen molar-refractivity contribution in [2.45, 2.75) is 39.5 Å². The number of aryl methyl sites for hydroxylation is 2. The van der Waals surface area contributed by atoms with Crippen molar-refractivity contribution in [1.82, 2.24) is 4.98 Å². The zero-order chi connectivity index (χ0) is 22.7. The Bertz CT molecular complexity index is 1300. The molecule has 173 valence electrons. The smallest absolute Gasteiger partial charge is 0.155 e. The third-order valence-corrected chi connectivity index (χ3v) is 5.54. The second kappa shape index (κ2) is 10.8. The molecule has 0 fully saturated rings. The molecule has 1 N–H and O–H groups in total. The van der Waals surface area contributed by atoms with Crippen LogP contribution in [0.5, 0.6) is 5.75 Å². The maximum atomic E-state index is 10.0. The molecule has 1 radical (unpaired) electrons. The Kier molecular flexibility index (Phi) is 8.06. The summed E-state index contributed by atoms with van der Waals surface area (Å²) in [6.45, 7) is 2.85. The van der Waals surface area contributed by atoms with Gasteiger partial charge in [-0.25, -0.2) is 0 Å². The Morgan fingerprint density at radius 3 is 2.42 bits per heavy atom. The molecule has 1 aliphatic carbocycles. The fraction of sp³-hybridized carbons (Fsp3) is 0.259. The van der Waals surface area contributed by atoms with Crippen molar-refractivity contribution in [2.24, 2.45) is 0 Å². The van der Waals surface area contributed by atoms with Gasteiger partial charge in [-0.15, -0.1) is 29.8 Å². The summed E-state index contributed by atoms with van der Waals surface area (Å²) in [5.74, 6) is 0.723. The van der Waals surface area contributed by atoms with Crippen LogP contribution in [0.1, 0.15) is 37.8 Å². The molecule has 0 saturated heterocycles. The summed E-state index contributed by atoms with van der Waals surface area (Å²) < 4.78 is 11.5. The van der Waals surface area contributed by atoms with Crippen molar-refractivity contribution < 1.29 is 39.2 Å². The fourth-order valence-corrected chi connectivity index (χ4v) is 4.10. The van der Waals surface area contributed by atoms with Crippen LogP contribution < -0.4 is 4.74 Å². The van der Waals surface area contributed by atoms with Gasteiger partial charge in [0, 0.05) is 54.6 Å². The predicted octanol–water partition coefficient (Wildman–Crippen LogP) is 6.37. The second-order valence-corrected chi connectivity index (χ2v) is 8.00. The Hall–Kier alpha value is -2.95. The van der Waals surface area contributed by atoms with Crippen LogP contribution in [-0.2, 0) is 37.7 Å². The van der Waals surface area contributed by atoms with Gasteiger partial charge in [-0.2, -0.15) is 0 Å². The molecule has 0 unspecified atom stereocenters. The van der Waals surface area contributed by atoms with Gasteiger partial charge in [-0.3, -0.25) is 4.79 Å². The summed E-state index contributed by atoms with van der Waals surface area (Å²) in [6.07, 6.45) is 7.89. The molecule has 2 aromatic carbocycles. The Morgan fingerprint density at radius 1 is 1.12 bits per heavy atom. The van der Waals surface area contributed by atoms with Gasteiger partial charge in [-0.1, -0.05) is 0 Å². The maximum absolute atomic E-state index is 10.0. The molecule has 6 heteroatoms. The van der Waals surface area contributed by atoms with E-state index >= 15 is 0 Å². The van der Waals surface area contributed by atoms with E-state index in [0.717, 1.165) is 40.0 Å². The predicted molar refractivity (Wildman–Crippen MR) is 126 cm³/mol.